The molecule has 0 heterocycles. The van der Waals surface area contributed by atoms with Gasteiger partial charge in [0.05, 0.1) is 19.1 Å². The summed E-state index contributed by atoms with van der Waals surface area (Å²) in [5.74, 6) is -0.627. The first kappa shape index (κ1) is 10.3. The number of carbonyl (C=O) groups excluding carboxylic acids is 1. The Labute approximate surface area is 78.4 Å². The van der Waals surface area contributed by atoms with Crippen LogP contribution < -0.4 is 0 Å². The Bertz CT molecular complexity index is 198. The Balaban J connectivity index is 2.58. The van der Waals surface area contributed by atoms with Crippen LogP contribution in [0.2, 0.25) is 0 Å². The van der Waals surface area contributed by atoms with Gasteiger partial charge < -0.3 is 9.84 Å². The highest BCUT2D eigenvalue weighted by Gasteiger charge is 2.26. The van der Waals surface area contributed by atoms with Crippen LogP contribution >= 0.6 is 0 Å². The Morgan fingerprint density at radius 1 is 1.38 bits per heavy atom. The molecule has 0 aromatic rings. The van der Waals surface area contributed by atoms with Crippen LogP contribution in [0.1, 0.15) is 25.7 Å². The molecule has 2 unspecified atom stereocenters. The van der Waals surface area contributed by atoms with Gasteiger partial charge in [0, 0.05) is 0 Å². The zero-order valence-corrected chi connectivity index (χ0v) is 7.90. The third-order valence-corrected chi connectivity index (χ3v) is 2.41. The number of methoxy groups -OCH3 is 1. The third kappa shape index (κ3) is 2.84. The third-order valence-electron chi connectivity index (χ3n) is 2.41. The van der Waals surface area contributed by atoms with Crippen molar-refractivity contribution >= 4 is 5.97 Å². The van der Waals surface area contributed by atoms with E-state index in [0.717, 1.165) is 12.8 Å². The van der Waals surface area contributed by atoms with E-state index in [1.807, 2.05) is 0 Å². The predicted molar refractivity (Wildman–Crippen MR) is 49.1 cm³/mol. The number of esters is 1. The monoisotopic (exact) mass is 184 g/mol. The molecule has 13 heavy (non-hydrogen) atoms. The van der Waals surface area contributed by atoms with E-state index in [1.165, 1.54) is 7.11 Å². The van der Waals surface area contributed by atoms with Gasteiger partial charge in [-0.1, -0.05) is 12.2 Å². The van der Waals surface area contributed by atoms with E-state index in [4.69, 9.17) is 0 Å². The molecule has 0 aromatic carbocycles. The number of aliphatic hydroxyl groups excluding tert-OH is 1. The molecular weight excluding hydrogens is 168 g/mol. The van der Waals surface area contributed by atoms with Gasteiger partial charge in [-0.25, -0.2) is 0 Å². The van der Waals surface area contributed by atoms with Crippen LogP contribution in [0.25, 0.3) is 0 Å². The van der Waals surface area contributed by atoms with Gasteiger partial charge in [-0.15, -0.1) is 0 Å². The number of carbonyl (C=O) groups is 1. The maximum absolute atomic E-state index is 11.2. The van der Waals surface area contributed by atoms with Crippen molar-refractivity contribution in [2.24, 2.45) is 5.92 Å². The minimum atomic E-state index is -0.544. The molecule has 0 bridgehead atoms. The highest BCUT2D eigenvalue weighted by molar-refractivity contribution is 5.72. The van der Waals surface area contributed by atoms with Gasteiger partial charge in [-0.2, -0.15) is 0 Å². The van der Waals surface area contributed by atoms with Crippen LogP contribution in [0.4, 0.5) is 0 Å². The van der Waals surface area contributed by atoms with Crippen LogP contribution in [0, 0.1) is 5.92 Å². The second-order valence-electron chi connectivity index (χ2n) is 3.32. The van der Waals surface area contributed by atoms with E-state index in [-0.39, 0.29) is 11.9 Å². The number of aliphatic hydroxyl groups is 1. The summed E-state index contributed by atoms with van der Waals surface area (Å²) < 4.78 is 4.63. The first-order valence-electron chi connectivity index (χ1n) is 4.66. The molecule has 0 fully saturated rings. The number of ether oxygens (including phenoxy) is 1. The lowest BCUT2D eigenvalue weighted by atomic mass is 9.91. The van der Waals surface area contributed by atoms with E-state index in [9.17, 15) is 9.90 Å². The van der Waals surface area contributed by atoms with Crippen LogP contribution in [-0.4, -0.2) is 24.3 Å². The normalized spacial score (nSPS) is 31.5. The molecule has 1 aliphatic carbocycles. The topological polar surface area (TPSA) is 46.5 Å². The summed E-state index contributed by atoms with van der Waals surface area (Å²) in [4.78, 5) is 11.2. The summed E-state index contributed by atoms with van der Waals surface area (Å²) in [6, 6.07) is 0. The number of hydrogen-bond acceptors (Lipinski definition) is 3. The van der Waals surface area contributed by atoms with Crippen LogP contribution in [0.5, 0.6) is 0 Å². The summed E-state index contributed by atoms with van der Waals surface area (Å²) in [5.41, 5.74) is 0. The second kappa shape index (κ2) is 5.02. The maximum Gasteiger partial charge on any atom is 0.311 e. The van der Waals surface area contributed by atoms with Crippen LogP contribution in [0.3, 0.4) is 0 Å². The summed E-state index contributed by atoms with van der Waals surface area (Å²) in [5, 5.41) is 9.64. The van der Waals surface area contributed by atoms with Crippen molar-refractivity contribution < 1.29 is 14.6 Å². The van der Waals surface area contributed by atoms with Crippen LogP contribution in [0.15, 0.2) is 12.2 Å². The Hall–Kier alpha value is -0.830. The van der Waals surface area contributed by atoms with Crippen molar-refractivity contribution in [3.8, 4) is 0 Å². The first-order valence-corrected chi connectivity index (χ1v) is 4.66. The Morgan fingerprint density at radius 2 is 2.00 bits per heavy atom. The van der Waals surface area contributed by atoms with Crippen LogP contribution in [-0.2, 0) is 9.53 Å². The second-order valence-corrected chi connectivity index (χ2v) is 3.32. The summed E-state index contributed by atoms with van der Waals surface area (Å²) >= 11 is 0. The minimum Gasteiger partial charge on any atom is -0.469 e. The van der Waals surface area contributed by atoms with Gasteiger partial charge >= 0.3 is 5.97 Å². The SMILES string of the molecule is COC(=O)C1CC/C=C\CCC1O. The fourth-order valence-electron chi connectivity index (χ4n) is 1.60. The fraction of sp³-hybridized carbons (Fsp3) is 0.700. The summed E-state index contributed by atoms with van der Waals surface area (Å²) in [6.07, 6.45) is 6.59. The van der Waals surface area contributed by atoms with Crippen molar-refractivity contribution in [2.75, 3.05) is 7.11 Å². The zero-order valence-electron chi connectivity index (χ0n) is 7.90. The fourth-order valence-corrected chi connectivity index (χ4v) is 1.60. The molecule has 74 valence electrons. The molecule has 0 amide bonds. The number of hydrogen-bond donors (Lipinski definition) is 1. The molecule has 0 aromatic heterocycles. The molecule has 0 radical (unpaired) electrons. The lowest BCUT2D eigenvalue weighted by Gasteiger charge is -2.20. The first-order chi connectivity index (χ1) is 6.25. The number of allylic oxidation sites excluding steroid dienone is 2. The molecule has 1 aliphatic rings. The Kier molecular flexibility index (Phi) is 3.96. The molecule has 2 atom stereocenters. The van der Waals surface area contributed by atoms with Crippen molar-refractivity contribution in [1.82, 2.24) is 0 Å². The maximum atomic E-state index is 11.2. The molecule has 0 spiro atoms. The average molecular weight is 184 g/mol. The van der Waals surface area contributed by atoms with Crippen molar-refractivity contribution in [3.05, 3.63) is 12.2 Å². The molecular formula is C10H16O3. The lowest BCUT2D eigenvalue weighted by molar-refractivity contribution is -0.149. The lowest BCUT2D eigenvalue weighted by Crippen LogP contribution is -2.29. The molecule has 3 heteroatoms. The predicted octanol–water partition coefficient (Wildman–Crippen LogP) is 1.27. The highest BCUT2D eigenvalue weighted by Crippen LogP contribution is 2.20. The van der Waals surface area contributed by atoms with Gasteiger partial charge in [0.1, 0.15) is 0 Å². The average Bonchev–Trinajstić information content (AvgIpc) is 2.11. The largest absolute Gasteiger partial charge is 0.469 e. The molecule has 0 saturated carbocycles. The van der Waals surface area contributed by atoms with Gasteiger partial charge in [-0.3, -0.25) is 4.79 Å². The summed E-state index contributed by atoms with van der Waals surface area (Å²) in [6.45, 7) is 0. The smallest absolute Gasteiger partial charge is 0.311 e. The van der Waals surface area contributed by atoms with Gasteiger partial charge in [0.15, 0.2) is 0 Å². The van der Waals surface area contributed by atoms with Gasteiger partial charge in [-0.05, 0) is 25.7 Å². The molecule has 1 rings (SSSR count). The van der Waals surface area contributed by atoms with Crippen molar-refractivity contribution in [3.63, 3.8) is 0 Å². The molecule has 0 saturated heterocycles. The highest BCUT2D eigenvalue weighted by atomic mass is 16.5. The van der Waals surface area contributed by atoms with E-state index in [2.05, 4.69) is 16.9 Å². The summed E-state index contributed by atoms with van der Waals surface area (Å²) in [7, 11) is 1.36. The minimum absolute atomic E-state index is 0.289. The van der Waals surface area contributed by atoms with E-state index in [1.54, 1.807) is 0 Å². The van der Waals surface area contributed by atoms with E-state index in [0.29, 0.717) is 12.8 Å². The quantitative estimate of drug-likeness (QED) is 0.493. The Morgan fingerprint density at radius 3 is 2.62 bits per heavy atom. The van der Waals surface area contributed by atoms with E-state index >= 15 is 0 Å². The zero-order chi connectivity index (χ0) is 9.68. The molecule has 0 aliphatic heterocycles. The molecule has 3 nitrogen and oxygen atoms in total. The van der Waals surface area contributed by atoms with E-state index < -0.39 is 6.10 Å². The van der Waals surface area contributed by atoms with Crippen molar-refractivity contribution in [2.45, 2.75) is 31.8 Å². The van der Waals surface area contributed by atoms with Gasteiger partial charge in [0.25, 0.3) is 0 Å². The number of rotatable bonds is 1. The molecule has 1 N–H and O–H groups in total. The standard InChI is InChI=1S/C10H16O3/c1-13-10(12)8-6-4-2-3-5-7-9(8)11/h2-3,8-9,11H,4-7H2,1H3/b3-2-. The van der Waals surface area contributed by atoms with Crippen molar-refractivity contribution in [1.29, 1.82) is 0 Å². The van der Waals surface area contributed by atoms with Gasteiger partial charge in [0.2, 0.25) is 0 Å².